The molecule has 1 aliphatic rings. The monoisotopic (exact) mass is 685 g/mol. The smallest absolute Gasteiger partial charge is 0.442 e. The molecule has 1 aromatic heterocycles. The molecule has 20 heteroatoms. The van der Waals surface area contributed by atoms with E-state index in [0.29, 0.717) is 9.13 Å². The van der Waals surface area contributed by atoms with Crippen molar-refractivity contribution in [2.45, 2.75) is 78.4 Å². The van der Waals surface area contributed by atoms with Crippen LogP contribution in [0.25, 0.3) is 0 Å². The van der Waals surface area contributed by atoms with Gasteiger partial charge in [0.05, 0.1) is 18.4 Å². The standard InChI is InChI=1S/C26H41FN3O15P/c1-14(2)18(28)24(36)39-11-30-17(31)7-8-29(25(30)37)21-19(32)20(33)26(9-27,45-21)10-42-46(38,43-12-40-22(34)15(3)4)44-13-41-23(35)16(5)6/h7-8,14-16,18-21,32-33H,9-13,28H2,1-6H3/t18?,19-,20+,21-,26-/m1/s1. The summed E-state index contributed by atoms with van der Waals surface area (Å²) >= 11 is 0. The molecule has 1 aromatic rings. The molecular formula is C26H41FN3O15P. The Morgan fingerprint density at radius 1 is 0.978 bits per heavy atom. The summed E-state index contributed by atoms with van der Waals surface area (Å²) in [6.45, 7) is 3.82. The third-order valence-electron chi connectivity index (χ3n) is 6.67. The number of rotatable bonds is 17. The minimum Gasteiger partial charge on any atom is -0.442 e. The number of ether oxygens (including phenoxy) is 4. The Bertz CT molecular complexity index is 1350. The lowest BCUT2D eigenvalue weighted by Crippen LogP contribution is -2.48. The van der Waals surface area contributed by atoms with E-state index in [1.807, 2.05) is 0 Å². The number of aliphatic hydroxyl groups is 2. The van der Waals surface area contributed by atoms with Gasteiger partial charge in [0, 0.05) is 12.3 Å². The van der Waals surface area contributed by atoms with Crippen molar-refractivity contribution in [2.75, 3.05) is 26.9 Å². The van der Waals surface area contributed by atoms with Crippen LogP contribution in [-0.2, 0) is 58.2 Å². The maximum atomic E-state index is 14.5. The summed E-state index contributed by atoms with van der Waals surface area (Å²) in [5.74, 6) is -3.88. The lowest BCUT2D eigenvalue weighted by atomic mass is 9.98. The summed E-state index contributed by atoms with van der Waals surface area (Å²) < 4.78 is 64.1. The minimum absolute atomic E-state index is 0.313. The summed E-state index contributed by atoms with van der Waals surface area (Å²) in [4.78, 5) is 61.2. The fourth-order valence-electron chi connectivity index (χ4n) is 3.61. The molecule has 0 aromatic carbocycles. The van der Waals surface area contributed by atoms with Gasteiger partial charge in [-0.25, -0.2) is 27.4 Å². The average molecular weight is 686 g/mol. The molecule has 5 atom stereocenters. The molecular weight excluding hydrogens is 644 g/mol. The molecule has 18 nitrogen and oxygen atoms in total. The van der Waals surface area contributed by atoms with Crippen LogP contribution >= 0.6 is 7.82 Å². The molecule has 4 N–H and O–H groups in total. The Kier molecular flexibility index (Phi) is 14.2. The van der Waals surface area contributed by atoms with Gasteiger partial charge in [0.1, 0.15) is 24.9 Å². The first-order valence-electron chi connectivity index (χ1n) is 14.1. The molecule has 46 heavy (non-hydrogen) atoms. The number of hydrogen-bond acceptors (Lipinski definition) is 16. The highest BCUT2D eigenvalue weighted by atomic mass is 31.2. The quantitative estimate of drug-likeness (QED) is 0.0840. The third-order valence-corrected chi connectivity index (χ3v) is 7.95. The number of phosphoric acid groups is 1. The highest BCUT2D eigenvalue weighted by Gasteiger charge is 2.57. The van der Waals surface area contributed by atoms with Crippen LogP contribution in [0.4, 0.5) is 4.39 Å². The van der Waals surface area contributed by atoms with Gasteiger partial charge >= 0.3 is 31.4 Å². The lowest BCUT2D eigenvalue weighted by molar-refractivity contribution is -0.161. The summed E-state index contributed by atoms with van der Waals surface area (Å²) in [6.07, 6.45) is -5.12. The van der Waals surface area contributed by atoms with Crippen molar-refractivity contribution in [1.82, 2.24) is 9.13 Å². The number of aromatic nitrogens is 2. The first kappa shape index (κ1) is 39.1. The molecule has 2 rings (SSSR count). The Morgan fingerprint density at radius 3 is 2.00 bits per heavy atom. The van der Waals surface area contributed by atoms with Crippen LogP contribution in [0.15, 0.2) is 21.9 Å². The van der Waals surface area contributed by atoms with E-state index in [1.165, 1.54) is 27.7 Å². The predicted octanol–water partition coefficient (Wildman–Crippen LogP) is -0.0758. The summed E-state index contributed by atoms with van der Waals surface area (Å²) in [6, 6.07) is -0.186. The maximum Gasteiger partial charge on any atom is 0.480 e. The third kappa shape index (κ3) is 9.74. The Labute approximate surface area is 263 Å². The van der Waals surface area contributed by atoms with Crippen LogP contribution in [0.3, 0.4) is 0 Å². The number of hydrogen-bond donors (Lipinski definition) is 3. The minimum atomic E-state index is -4.86. The number of nitrogens with zero attached hydrogens (tertiary/aromatic N) is 2. The molecule has 1 fully saturated rings. The Hall–Kier alpha value is -3.03. The van der Waals surface area contributed by atoms with E-state index in [2.05, 4.69) is 0 Å². The van der Waals surface area contributed by atoms with Gasteiger partial charge in [0.2, 0.25) is 13.6 Å². The molecule has 0 bridgehead atoms. The second kappa shape index (κ2) is 16.7. The van der Waals surface area contributed by atoms with Crippen LogP contribution in [0, 0.1) is 17.8 Å². The summed E-state index contributed by atoms with van der Waals surface area (Å²) in [7, 11) is -4.86. The molecule has 1 saturated heterocycles. The average Bonchev–Trinajstić information content (AvgIpc) is 3.24. The zero-order valence-electron chi connectivity index (χ0n) is 26.2. The van der Waals surface area contributed by atoms with Crippen molar-refractivity contribution < 1.29 is 66.1 Å². The topological polar surface area (TPSA) is 243 Å². The van der Waals surface area contributed by atoms with Gasteiger partial charge in [-0.1, -0.05) is 41.5 Å². The molecule has 0 radical (unpaired) electrons. The number of halogens is 1. The van der Waals surface area contributed by atoms with Gasteiger partial charge < -0.3 is 34.9 Å². The molecule has 262 valence electrons. The molecule has 0 amide bonds. The summed E-state index contributed by atoms with van der Waals surface area (Å²) in [5, 5.41) is 21.5. The molecule has 2 heterocycles. The van der Waals surface area contributed by atoms with Crippen LogP contribution in [0.5, 0.6) is 0 Å². The zero-order valence-corrected chi connectivity index (χ0v) is 27.1. The van der Waals surface area contributed by atoms with Gasteiger partial charge in [0.25, 0.3) is 5.56 Å². The number of aliphatic hydroxyl groups excluding tert-OH is 2. The normalized spacial score (nSPS) is 22.3. The van der Waals surface area contributed by atoms with Crippen molar-refractivity contribution in [2.24, 2.45) is 23.5 Å². The second-order valence-electron chi connectivity index (χ2n) is 11.2. The van der Waals surface area contributed by atoms with E-state index in [0.717, 1.165) is 12.3 Å². The Morgan fingerprint density at radius 2 is 1.52 bits per heavy atom. The van der Waals surface area contributed by atoms with Crippen molar-refractivity contribution in [3.8, 4) is 0 Å². The van der Waals surface area contributed by atoms with Gasteiger partial charge in [0.15, 0.2) is 18.6 Å². The van der Waals surface area contributed by atoms with Gasteiger partial charge in [-0.2, -0.15) is 0 Å². The number of carbonyl (C=O) groups is 3. The Balaban J connectivity index is 2.29. The SMILES string of the molecule is CC(C)C(=O)OCOP(=O)(OCOC(=O)C(C)C)OC[C@@]1(CF)O[C@@H](n2ccc(=O)n(COC(=O)C(N)C(C)C)c2=O)[C@H](O)[C@@H]1O. The van der Waals surface area contributed by atoms with Crippen LogP contribution in [0.1, 0.15) is 47.8 Å². The highest BCUT2D eigenvalue weighted by molar-refractivity contribution is 7.48. The van der Waals surface area contributed by atoms with Gasteiger partial charge in [-0.15, -0.1) is 0 Å². The van der Waals surface area contributed by atoms with Crippen LogP contribution in [0.2, 0.25) is 0 Å². The van der Waals surface area contributed by atoms with E-state index in [9.17, 15) is 43.1 Å². The first-order chi connectivity index (χ1) is 21.4. The van der Waals surface area contributed by atoms with E-state index >= 15 is 0 Å². The van der Waals surface area contributed by atoms with Gasteiger partial charge in [-0.3, -0.25) is 28.3 Å². The molecule has 0 spiro atoms. The highest BCUT2D eigenvalue weighted by Crippen LogP contribution is 2.51. The van der Waals surface area contributed by atoms with Crippen molar-refractivity contribution in [3.05, 3.63) is 33.1 Å². The van der Waals surface area contributed by atoms with Crippen molar-refractivity contribution in [1.29, 1.82) is 0 Å². The second-order valence-corrected chi connectivity index (χ2v) is 12.9. The van der Waals surface area contributed by atoms with Crippen molar-refractivity contribution >= 4 is 25.7 Å². The molecule has 0 saturated carbocycles. The summed E-state index contributed by atoms with van der Waals surface area (Å²) in [5.41, 5.74) is 1.12. The number of esters is 3. The van der Waals surface area contributed by atoms with E-state index in [-0.39, 0.29) is 5.92 Å². The van der Waals surface area contributed by atoms with Crippen LogP contribution < -0.4 is 17.0 Å². The van der Waals surface area contributed by atoms with E-state index in [4.69, 9.17) is 38.3 Å². The number of carbonyl (C=O) groups excluding carboxylic acids is 3. The largest absolute Gasteiger partial charge is 0.480 e. The molecule has 1 unspecified atom stereocenters. The maximum absolute atomic E-state index is 14.5. The van der Waals surface area contributed by atoms with Crippen molar-refractivity contribution in [3.63, 3.8) is 0 Å². The number of phosphoric ester groups is 1. The first-order valence-corrected chi connectivity index (χ1v) is 15.6. The lowest BCUT2D eigenvalue weighted by Gasteiger charge is -2.30. The van der Waals surface area contributed by atoms with Crippen LogP contribution in [-0.4, -0.2) is 88.0 Å². The van der Waals surface area contributed by atoms with E-state index < -0.39 is 112 Å². The van der Waals surface area contributed by atoms with Gasteiger partial charge in [-0.05, 0) is 5.92 Å². The fraction of sp³-hybridized carbons (Fsp3) is 0.731. The molecule has 1 aliphatic heterocycles. The zero-order chi connectivity index (χ0) is 35.0. The number of alkyl halides is 1. The predicted molar refractivity (Wildman–Crippen MR) is 152 cm³/mol. The number of nitrogens with two attached hydrogens (primary N) is 1. The van der Waals surface area contributed by atoms with E-state index in [1.54, 1.807) is 13.8 Å². The fourth-order valence-corrected chi connectivity index (χ4v) is 4.57. The molecule has 0 aliphatic carbocycles.